The number of hydrogen-bond acceptors (Lipinski definition) is 3. The van der Waals surface area contributed by atoms with Crippen LogP contribution in [-0.2, 0) is 0 Å². The van der Waals surface area contributed by atoms with Gasteiger partial charge < -0.3 is 5.11 Å². The average molecular weight is 160 g/mol. The van der Waals surface area contributed by atoms with Crippen LogP contribution >= 0.6 is 11.6 Å². The molecule has 0 atom stereocenters. The quantitative estimate of drug-likeness (QED) is 0.433. The van der Waals surface area contributed by atoms with E-state index in [9.17, 15) is 0 Å². The second-order valence-corrected chi connectivity index (χ2v) is 2.21. The molecule has 0 fully saturated rings. The Labute approximate surface area is 62.8 Å². The second-order valence-electron chi connectivity index (χ2n) is 1.77. The third-order valence-electron chi connectivity index (χ3n) is 1.08. The maximum atomic E-state index is 8.98. The Morgan fingerprint density at radius 1 is 1.40 bits per heavy atom. The lowest BCUT2D eigenvalue weighted by atomic mass is 10.3. The molecule has 4 heteroatoms. The fourth-order valence-electron chi connectivity index (χ4n) is 0.599. The van der Waals surface area contributed by atoms with E-state index in [0.29, 0.717) is 5.02 Å². The molecule has 0 aliphatic rings. The van der Waals surface area contributed by atoms with Gasteiger partial charge >= 0.3 is 0 Å². The van der Waals surface area contributed by atoms with Crippen molar-refractivity contribution in [1.29, 1.82) is 0 Å². The topological polar surface area (TPSA) is 52.5 Å². The Morgan fingerprint density at radius 2 is 2.10 bits per heavy atom. The maximum absolute atomic E-state index is 8.98. The summed E-state index contributed by atoms with van der Waals surface area (Å²) >= 11 is 5.50. The fraction of sp³-hybridized carbons (Fsp3) is 0. The van der Waals surface area contributed by atoms with Crippen LogP contribution in [0.2, 0.25) is 5.02 Å². The Balaban J connectivity index is 3.07. The first kappa shape index (κ1) is 7.18. The van der Waals surface area contributed by atoms with Crippen molar-refractivity contribution >= 4 is 17.3 Å². The monoisotopic (exact) mass is 159 g/mol. The molecule has 0 saturated heterocycles. The van der Waals surface area contributed by atoms with Crippen LogP contribution < -0.4 is 5.48 Å². The van der Waals surface area contributed by atoms with E-state index in [0.717, 1.165) is 0 Å². The molecule has 1 aromatic rings. The highest BCUT2D eigenvalue weighted by Crippen LogP contribution is 2.25. The van der Waals surface area contributed by atoms with Gasteiger partial charge in [0.1, 0.15) is 11.4 Å². The van der Waals surface area contributed by atoms with E-state index in [1.54, 1.807) is 6.07 Å². The third-order valence-corrected chi connectivity index (χ3v) is 1.32. The van der Waals surface area contributed by atoms with E-state index in [1.807, 2.05) is 5.48 Å². The van der Waals surface area contributed by atoms with E-state index in [4.69, 9.17) is 21.9 Å². The molecule has 3 nitrogen and oxygen atoms in total. The van der Waals surface area contributed by atoms with Crippen LogP contribution in [-0.4, -0.2) is 10.3 Å². The summed E-state index contributed by atoms with van der Waals surface area (Å²) in [5, 5.41) is 17.8. The Morgan fingerprint density at radius 3 is 2.60 bits per heavy atom. The van der Waals surface area contributed by atoms with Crippen LogP contribution in [0.15, 0.2) is 18.2 Å². The third kappa shape index (κ3) is 1.32. The lowest BCUT2D eigenvalue weighted by Crippen LogP contribution is -1.88. The Hall–Kier alpha value is -0.930. The molecule has 1 aromatic carbocycles. The Kier molecular flexibility index (Phi) is 1.99. The Bertz CT molecular complexity index is 239. The number of nitrogens with one attached hydrogen (secondary N) is 1. The number of hydrogen-bond donors (Lipinski definition) is 3. The standard InChI is InChI=1S/C6H6ClNO2/c7-4-1-2-5(8-10)6(9)3-4/h1-3,8-10H. The summed E-state index contributed by atoms with van der Waals surface area (Å²) in [7, 11) is 0. The smallest absolute Gasteiger partial charge is 0.142 e. The molecule has 54 valence electrons. The van der Waals surface area contributed by atoms with Crippen molar-refractivity contribution in [2.75, 3.05) is 5.48 Å². The van der Waals surface area contributed by atoms with Crippen LogP contribution in [0.3, 0.4) is 0 Å². The predicted octanol–water partition coefficient (Wildman–Crippen LogP) is 1.85. The molecule has 1 rings (SSSR count). The van der Waals surface area contributed by atoms with Gasteiger partial charge in [-0.05, 0) is 12.1 Å². The molecule has 0 aromatic heterocycles. The summed E-state index contributed by atoms with van der Waals surface area (Å²) in [4.78, 5) is 0. The van der Waals surface area contributed by atoms with Gasteiger partial charge in [-0.2, -0.15) is 0 Å². The van der Waals surface area contributed by atoms with Gasteiger partial charge in [-0.3, -0.25) is 10.7 Å². The maximum Gasteiger partial charge on any atom is 0.142 e. The van der Waals surface area contributed by atoms with Crippen LogP contribution in [0.25, 0.3) is 0 Å². The highest BCUT2D eigenvalue weighted by Gasteiger charge is 1.97. The van der Waals surface area contributed by atoms with Gasteiger partial charge in [-0.1, -0.05) is 11.6 Å². The molecule has 3 N–H and O–H groups in total. The lowest BCUT2D eigenvalue weighted by molar-refractivity contribution is 0.381. The van der Waals surface area contributed by atoms with Crippen LogP contribution in [0, 0.1) is 0 Å². The van der Waals surface area contributed by atoms with E-state index >= 15 is 0 Å². The van der Waals surface area contributed by atoms with E-state index in [1.165, 1.54) is 12.1 Å². The molecule has 0 radical (unpaired) electrons. The van der Waals surface area contributed by atoms with Crippen molar-refractivity contribution in [3.05, 3.63) is 23.2 Å². The summed E-state index contributed by atoms with van der Waals surface area (Å²) < 4.78 is 0. The van der Waals surface area contributed by atoms with Crippen molar-refractivity contribution in [3.8, 4) is 5.75 Å². The average Bonchev–Trinajstić information content (AvgIpc) is 1.88. The highest BCUT2D eigenvalue weighted by atomic mass is 35.5. The molecule has 0 saturated carbocycles. The number of aromatic hydroxyl groups is 1. The van der Waals surface area contributed by atoms with Gasteiger partial charge in [0.2, 0.25) is 0 Å². The first-order valence-electron chi connectivity index (χ1n) is 2.62. The minimum Gasteiger partial charge on any atom is -0.506 e. The SMILES string of the molecule is ONc1ccc(Cl)cc1O. The summed E-state index contributed by atoms with van der Waals surface area (Å²) in [6.45, 7) is 0. The number of phenolic OH excluding ortho intramolecular Hbond substituents is 1. The summed E-state index contributed by atoms with van der Waals surface area (Å²) in [5.74, 6) is -0.0741. The minimum absolute atomic E-state index is 0.0741. The minimum atomic E-state index is -0.0741. The molecule has 0 aliphatic carbocycles. The van der Waals surface area contributed by atoms with Crippen molar-refractivity contribution in [2.24, 2.45) is 0 Å². The van der Waals surface area contributed by atoms with Crippen LogP contribution in [0.4, 0.5) is 5.69 Å². The molecular weight excluding hydrogens is 154 g/mol. The molecule has 0 unspecified atom stereocenters. The number of anilines is 1. The lowest BCUT2D eigenvalue weighted by Gasteiger charge is -2.00. The van der Waals surface area contributed by atoms with Gasteiger partial charge in [0.15, 0.2) is 0 Å². The number of phenols is 1. The van der Waals surface area contributed by atoms with Gasteiger partial charge in [0, 0.05) is 11.1 Å². The predicted molar refractivity (Wildman–Crippen MR) is 38.5 cm³/mol. The molecule has 0 heterocycles. The van der Waals surface area contributed by atoms with Crippen LogP contribution in [0.1, 0.15) is 0 Å². The normalized spacial score (nSPS) is 9.40. The second kappa shape index (κ2) is 2.77. The van der Waals surface area contributed by atoms with Crippen molar-refractivity contribution in [1.82, 2.24) is 0 Å². The van der Waals surface area contributed by atoms with E-state index < -0.39 is 0 Å². The van der Waals surface area contributed by atoms with Gasteiger partial charge in [0.25, 0.3) is 0 Å². The largest absolute Gasteiger partial charge is 0.506 e. The molecule has 0 amide bonds. The van der Waals surface area contributed by atoms with Gasteiger partial charge in [-0.25, -0.2) is 0 Å². The molecular formula is C6H6ClNO2. The van der Waals surface area contributed by atoms with Crippen molar-refractivity contribution < 1.29 is 10.3 Å². The zero-order valence-corrected chi connectivity index (χ0v) is 5.76. The number of halogens is 1. The molecule has 0 aliphatic heterocycles. The van der Waals surface area contributed by atoms with Crippen molar-refractivity contribution in [3.63, 3.8) is 0 Å². The van der Waals surface area contributed by atoms with Crippen LogP contribution in [0.5, 0.6) is 5.75 Å². The summed E-state index contributed by atoms with van der Waals surface area (Å²) in [6.07, 6.45) is 0. The molecule has 10 heavy (non-hydrogen) atoms. The fourth-order valence-corrected chi connectivity index (χ4v) is 0.766. The summed E-state index contributed by atoms with van der Waals surface area (Å²) in [5.41, 5.74) is 2.05. The van der Waals surface area contributed by atoms with E-state index in [-0.39, 0.29) is 11.4 Å². The first-order chi connectivity index (χ1) is 4.74. The zero-order chi connectivity index (χ0) is 7.56. The van der Waals surface area contributed by atoms with Gasteiger partial charge in [0.05, 0.1) is 0 Å². The molecule has 0 bridgehead atoms. The van der Waals surface area contributed by atoms with E-state index in [2.05, 4.69) is 0 Å². The zero-order valence-electron chi connectivity index (χ0n) is 5.00. The number of benzene rings is 1. The highest BCUT2D eigenvalue weighted by molar-refractivity contribution is 6.30. The molecule has 0 spiro atoms. The van der Waals surface area contributed by atoms with Gasteiger partial charge in [-0.15, -0.1) is 0 Å². The summed E-state index contributed by atoms with van der Waals surface area (Å²) in [6, 6.07) is 4.36. The first-order valence-corrected chi connectivity index (χ1v) is 3.00. The van der Waals surface area contributed by atoms with Crippen molar-refractivity contribution in [2.45, 2.75) is 0 Å². The number of rotatable bonds is 1.